The lowest BCUT2D eigenvalue weighted by molar-refractivity contribution is 0.337. The molecular weight excluding hydrogens is 352 g/mol. The predicted molar refractivity (Wildman–Crippen MR) is 108 cm³/mol. The van der Waals surface area contributed by atoms with Crippen molar-refractivity contribution in [2.45, 2.75) is 31.8 Å². The summed E-state index contributed by atoms with van der Waals surface area (Å²) in [5.41, 5.74) is 2.75. The first kappa shape index (κ1) is 17.0. The van der Waals surface area contributed by atoms with E-state index in [-0.39, 0.29) is 11.7 Å². The van der Waals surface area contributed by atoms with Gasteiger partial charge in [0.1, 0.15) is 11.9 Å². The molecule has 1 fully saturated rings. The third-order valence-electron chi connectivity index (χ3n) is 5.78. The Morgan fingerprint density at radius 3 is 2.57 bits per heavy atom. The van der Waals surface area contributed by atoms with E-state index in [0.717, 1.165) is 35.4 Å². The highest BCUT2D eigenvalue weighted by Gasteiger charge is 2.33. The Labute approximate surface area is 163 Å². The van der Waals surface area contributed by atoms with E-state index < -0.39 is 0 Å². The first-order valence-corrected chi connectivity index (χ1v) is 9.76. The molecule has 28 heavy (non-hydrogen) atoms. The first-order valence-electron chi connectivity index (χ1n) is 9.76. The van der Waals surface area contributed by atoms with Gasteiger partial charge in [-0.1, -0.05) is 25.0 Å². The molecule has 1 aliphatic heterocycles. The fourth-order valence-electron chi connectivity index (χ4n) is 4.32. The summed E-state index contributed by atoms with van der Waals surface area (Å²) >= 11 is 0. The van der Waals surface area contributed by atoms with Crippen LogP contribution in [0.1, 0.15) is 31.8 Å². The number of rotatable bonds is 3. The number of hydrogen-bond donors (Lipinski definition) is 1. The van der Waals surface area contributed by atoms with Gasteiger partial charge < -0.3 is 10.1 Å². The van der Waals surface area contributed by atoms with Gasteiger partial charge in [-0.2, -0.15) is 10.1 Å². The minimum atomic E-state index is -0.307. The van der Waals surface area contributed by atoms with E-state index in [1.54, 1.807) is 7.11 Å². The van der Waals surface area contributed by atoms with Crippen LogP contribution in [0, 0.1) is 5.92 Å². The summed E-state index contributed by atoms with van der Waals surface area (Å²) in [6.07, 6.45) is 4.80. The molecule has 0 spiro atoms. The lowest BCUT2D eigenvalue weighted by Gasteiger charge is -2.33. The van der Waals surface area contributed by atoms with Gasteiger partial charge in [0.25, 0.3) is 5.56 Å². The zero-order chi connectivity index (χ0) is 19.1. The smallest absolute Gasteiger partial charge is 0.300 e. The van der Waals surface area contributed by atoms with Crippen LogP contribution in [-0.2, 0) is 0 Å². The van der Waals surface area contributed by atoms with Crippen LogP contribution in [0.2, 0.25) is 0 Å². The van der Waals surface area contributed by atoms with E-state index in [4.69, 9.17) is 9.84 Å². The molecule has 0 bridgehead atoms. The summed E-state index contributed by atoms with van der Waals surface area (Å²) in [6, 6.07) is 15.4. The Hall–Kier alpha value is -3.15. The quantitative estimate of drug-likeness (QED) is 0.748. The standard InChI is InChI=1S/C22H22N4O2/c1-28-16-12-10-14(11-13-16)19-22(27)24-21-17-8-4-5-9-18(17)23-20(26(21)25-19)15-6-2-3-7-15/h4-5,8-13,15,20,23H,2-3,6-7H2,1H3/t20-/m1/s1. The van der Waals surface area contributed by atoms with Crippen LogP contribution < -0.4 is 15.6 Å². The molecule has 1 atom stereocenters. The zero-order valence-electron chi connectivity index (χ0n) is 15.8. The summed E-state index contributed by atoms with van der Waals surface area (Å²) in [4.78, 5) is 17.3. The fourth-order valence-corrected chi connectivity index (χ4v) is 4.32. The highest BCUT2D eigenvalue weighted by molar-refractivity contribution is 5.76. The van der Waals surface area contributed by atoms with Crippen LogP contribution in [0.4, 0.5) is 5.69 Å². The van der Waals surface area contributed by atoms with Crippen LogP contribution in [0.25, 0.3) is 22.6 Å². The molecule has 1 aliphatic carbocycles. The number of anilines is 1. The maximum Gasteiger partial charge on any atom is 0.300 e. The van der Waals surface area contributed by atoms with Crippen molar-refractivity contribution in [3.8, 4) is 28.4 Å². The van der Waals surface area contributed by atoms with E-state index in [9.17, 15) is 4.79 Å². The average molecular weight is 374 g/mol. The van der Waals surface area contributed by atoms with Crippen molar-refractivity contribution in [2.24, 2.45) is 5.92 Å². The van der Waals surface area contributed by atoms with Gasteiger partial charge in [0.15, 0.2) is 11.5 Å². The van der Waals surface area contributed by atoms with E-state index >= 15 is 0 Å². The Balaban J connectivity index is 1.67. The van der Waals surface area contributed by atoms with Gasteiger partial charge in [0.05, 0.1) is 7.11 Å². The molecule has 2 aromatic carbocycles. The van der Waals surface area contributed by atoms with E-state index in [1.807, 2.05) is 53.2 Å². The SMILES string of the molecule is COc1ccc(-c2nn3c(nc2=O)-c2ccccc2N[C@H]3C2CCCC2)cc1. The lowest BCUT2D eigenvalue weighted by atomic mass is 10.0. The van der Waals surface area contributed by atoms with Crippen molar-refractivity contribution in [2.75, 3.05) is 12.4 Å². The number of para-hydroxylation sites is 1. The number of ether oxygens (including phenoxy) is 1. The first-order chi connectivity index (χ1) is 13.7. The summed E-state index contributed by atoms with van der Waals surface area (Å²) in [6.45, 7) is 0. The van der Waals surface area contributed by atoms with Crippen molar-refractivity contribution in [1.82, 2.24) is 14.8 Å². The van der Waals surface area contributed by atoms with Crippen LogP contribution >= 0.6 is 0 Å². The third-order valence-corrected chi connectivity index (χ3v) is 5.78. The second-order valence-electron chi connectivity index (χ2n) is 7.44. The van der Waals surface area contributed by atoms with E-state index in [0.29, 0.717) is 17.4 Å². The minimum absolute atomic E-state index is 0.0116. The maximum atomic E-state index is 12.8. The largest absolute Gasteiger partial charge is 0.497 e. The number of fused-ring (bicyclic) bond motifs is 3. The number of methoxy groups -OCH3 is 1. The molecule has 0 radical (unpaired) electrons. The topological polar surface area (TPSA) is 69.0 Å². The fraction of sp³-hybridized carbons (Fsp3) is 0.318. The molecule has 1 N–H and O–H groups in total. The maximum absolute atomic E-state index is 12.8. The number of aromatic nitrogens is 3. The van der Waals surface area contributed by atoms with Gasteiger partial charge in [-0.05, 0) is 55.2 Å². The average Bonchev–Trinajstić information content (AvgIpc) is 3.27. The normalized spacial score (nSPS) is 18.2. The Kier molecular flexibility index (Phi) is 4.11. The number of nitrogens with one attached hydrogen (secondary N) is 1. The van der Waals surface area contributed by atoms with Crippen molar-refractivity contribution in [3.05, 3.63) is 58.9 Å². The lowest BCUT2D eigenvalue weighted by Crippen LogP contribution is -2.35. The molecule has 2 aliphatic rings. The molecule has 142 valence electrons. The summed E-state index contributed by atoms with van der Waals surface area (Å²) in [5.74, 6) is 1.87. The number of nitrogens with zero attached hydrogens (tertiary/aromatic N) is 3. The number of hydrogen-bond acceptors (Lipinski definition) is 5. The number of benzene rings is 2. The molecule has 6 nitrogen and oxygen atoms in total. The molecule has 1 saturated carbocycles. The van der Waals surface area contributed by atoms with Crippen molar-refractivity contribution < 1.29 is 4.74 Å². The van der Waals surface area contributed by atoms with Crippen LogP contribution in [0.3, 0.4) is 0 Å². The summed E-state index contributed by atoms with van der Waals surface area (Å²) in [5, 5.41) is 8.45. The summed E-state index contributed by atoms with van der Waals surface area (Å²) < 4.78 is 7.15. The monoisotopic (exact) mass is 374 g/mol. The molecular formula is C22H22N4O2. The summed E-state index contributed by atoms with van der Waals surface area (Å²) in [7, 11) is 1.62. The molecule has 0 unspecified atom stereocenters. The molecule has 5 rings (SSSR count). The Morgan fingerprint density at radius 1 is 1.07 bits per heavy atom. The Bertz CT molecular complexity index is 1070. The van der Waals surface area contributed by atoms with Gasteiger partial charge >= 0.3 is 0 Å². The second kappa shape index (κ2) is 6.78. The zero-order valence-corrected chi connectivity index (χ0v) is 15.8. The third kappa shape index (κ3) is 2.76. The van der Waals surface area contributed by atoms with E-state index in [2.05, 4.69) is 10.3 Å². The van der Waals surface area contributed by atoms with Crippen molar-refractivity contribution in [1.29, 1.82) is 0 Å². The molecule has 3 aromatic rings. The second-order valence-corrected chi connectivity index (χ2v) is 7.44. The van der Waals surface area contributed by atoms with Gasteiger partial charge in [0, 0.05) is 16.8 Å². The highest BCUT2D eigenvalue weighted by atomic mass is 16.5. The van der Waals surface area contributed by atoms with Gasteiger partial charge in [0.2, 0.25) is 0 Å². The minimum Gasteiger partial charge on any atom is -0.497 e. The van der Waals surface area contributed by atoms with E-state index in [1.165, 1.54) is 12.8 Å². The predicted octanol–water partition coefficient (Wildman–Crippen LogP) is 4.10. The van der Waals surface area contributed by atoms with Crippen LogP contribution in [0.5, 0.6) is 5.75 Å². The van der Waals surface area contributed by atoms with Crippen LogP contribution in [0.15, 0.2) is 53.3 Å². The Morgan fingerprint density at radius 2 is 1.82 bits per heavy atom. The van der Waals surface area contributed by atoms with Crippen molar-refractivity contribution in [3.63, 3.8) is 0 Å². The molecule has 2 heterocycles. The van der Waals surface area contributed by atoms with Gasteiger partial charge in [-0.25, -0.2) is 4.68 Å². The van der Waals surface area contributed by atoms with Gasteiger partial charge in [-0.3, -0.25) is 4.79 Å². The van der Waals surface area contributed by atoms with Crippen molar-refractivity contribution >= 4 is 5.69 Å². The molecule has 0 amide bonds. The van der Waals surface area contributed by atoms with Crippen LogP contribution in [-0.4, -0.2) is 21.9 Å². The highest BCUT2D eigenvalue weighted by Crippen LogP contribution is 2.41. The molecule has 6 heteroatoms. The molecule has 1 aromatic heterocycles. The van der Waals surface area contributed by atoms with Gasteiger partial charge in [-0.15, -0.1) is 0 Å². The molecule has 0 saturated heterocycles.